The molecule has 104 valence electrons. The molecule has 1 aliphatic rings. The van der Waals surface area contributed by atoms with Gasteiger partial charge in [-0.05, 0) is 32.1 Å². The zero-order valence-corrected chi connectivity index (χ0v) is 12.0. The zero-order valence-electron chi connectivity index (χ0n) is 11.2. The topological polar surface area (TPSA) is 67.2 Å². The van der Waals surface area contributed by atoms with E-state index >= 15 is 0 Å². The first kappa shape index (κ1) is 14.0. The second-order valence-electron chi connectivity index (χ2n) is 4.80. The highest BCUT2D eigenvalue weighted by molar-refractivity contribution is 8.00. The molecule has 1 aromatic rings. The van der Waals surface area contributed by atoms with E-state index in [9.17, 15) is 10.1 Å². The van der Waals surface area contributed by atoms with Gasteiger partial charge in [0.1, 0.15) is 0 Å². The van der Waals surface area contributed by atoms with Gasteiger partial charge in [0.2, 0.25) is 0 Å². The first-order chi connectivity index (χ1) is 9.08. The summed E-state index contributed by atoms with van der Waals surface area (Å²) >= 11 is 1.87. The lowest BCUT2D eigenvalue weighted by Gasteiger charge is -2.15. The lowest BCUT2D eigenvalue weighted by atomic mass is 10.2. The Morgan fingerprint density at radius 2 is 1.95 bits per heavy atom. The smallest absolute Gasteiger partial charge is 0.273 e. The SMILES string of the molecule is CCNc1cc(NCC2(SC)CC2)cc([N+](=O)[O-])c1. The lowest BCUT2D eigenvalue weighted by molar-refractivity contribution is -0.384. The van der Waals surface area contributed by atoms with E-state index in [1.165, 1.54) is 12.8 Å². The van der Waals surface area contributed by atoms with Gasteiger partial charge in [0.25, 0.3) is 5.69 Å². The third-order valence-electron chi connectivity index (χ3n) is 3.36. The molecule has 1 aromatic carbocycles. The van der Waals surface area contributed by atoms with Gasteiger partial charge in [-0.25, -0.2) is 0 Å². The van der Waals surface area contributed by atoms with Crippen LogP contribution in [0.1, 0.15) is 19.8 Å². The Kier molecular flexibility index (Phi) is 4.19. The number of nitrogens with one attached hydrogen (secondary N) is 2. The molecule has 0 aromatic heterocycles. The van der Waals surface area contributed by atoms with Crippen LogP contribution in [-0.2, 0) is 0 Å². The monoisotopic (exact) mass is 281 g/mol. The highest BCUT2D eigenvalue weighted by Crippen LogP contribution is 2.47. The molecule has 1 fully saturated rings. The van der Waals surface area contributed by atoms with Crippen LogP contribution < -0.4 is 10.6 Å². The van der Waals surface area contributed by atoms with E-state index in [1.807, 2.05) is 24.8 Å². The molecule has 0 radical (unpaired) electrons. The number of nitrogens with zero attached hydrogens (tertiary/aromatic N) is 1. The van der Waals surface area contributed by atoms with E-state index in [0.29, 0.717) is 4.75 Å². The minimum absolute atomic E-state index is 0.120. The summed E-state index contributed by atoms with van der Waals surface area (Å²) in [6, 6.07) is 5.08. The molecule has 0 amide bonds. The number of nitro groups is 1. The molecule has 0 spiro atoms. The third-order valence-corrected chi connectivity index (χ3v) is 4.78. The summed E-state index contributed by atoms with van der Waals surface area (Å²) < 4.78 is 0.336. The third kappa shape index (κ3) is 3.53. The molecule has 19 heavy (non-hydrogen) atoms. The van der Waals surface area contributed by atoms with Crippen molar-refractivity contribution in [2.45, 2.75) is 24.5 Å². The van der Waals surface area contributed by atoms with Crippen molar-refractivity contribution in [3.63, 3.8) is 0 Å². The van der Waals surface area contributed by atoms with Crippen molar-refractivity contribution in [3.8, 4) is 0 Å². The number of non-ortho nitro benzene ring substituents is 1. The van der Waals surface area contributed by atoms with Crippen LogP contribution >= 0.6 is 11.8 Å². The Morgan fingerprint density at radius 3 is 2.42 bits per heavy atom. The first-order valence-electron chi connectivity index (χ1n) is 6.41. The predicted molar refractivity (Wildman–Crippen MR) is 81.2 cm³/mol. The number of thioether (sulfide) groups is 1. The van der Waals surface area contributed by atoms with Gasteiger partial charge in [-0.1, -0.05) is 0 Å². The Labute approximate surface area is 117 Å². The average Bonchev–Trinajstić information content (AvgIpc) is 3.17. The summed E-state index contributed by atoms with van der Waals surface area (Å²) in [5.41, 5.74) is 1.72. The number of benzene rings is 1. The molecule has 0 heterocycles. The van der Waals surface area contributed by atoms with Gasteiger partial charge in [0.05, 0.1) is 4.92 Å². The van der Waals surface area contributed by atoms with E-state index in [1.54, 1.807) is 12.1 Å². The molecule has 0 unspecified atom stereocenters. The summed E-state index contributed by atoms with van der Waals surface area (Å²) in [7, 11) is 0. The molecule has 1 saturated carbocycles. The molecule has 0 saturated heterocycles. The second-order valence-corrected chi connectivity index (χ2v) is 6.07. The van der Waals surface area contributed by atoms with E-state index in [-0.39, 0.29) is 10.6 Å². The van der Waals surface area contributed by atoms with Crippen LogP contribution in [0.5, 0.6) is 0 Å². The number of anilines is 2. The standard InChI is InChI=1S/C13H19N3O2S/c1-3-14-10-6-11(8-12(7-10)16(17)18)15-9-13(19-2)4-5-13/h6-8,14-15H,3-5,9H2,1-2H3. The molecular weight excluding hydrogens is 262 g/mol. The van der Waals surface area contributed by atoms with Gasteiger partial charge in [-0.3, -0.25) is 10.1 Å². The predicted octanol–water partition coefficient (Wildman–Crippen LogP) is 3.33. The first-order valence-corrected chi connectivity index (χ1v) is 7.63. The van der Waals surface area contributed by atoms with Crippen molar-refractivity contribution < 1.29 is 4.92 Å². The molecule has 6 heteroatoms. The van der Waals surface area contributed by atoms with Crippen molar-refractivity contribution >= 4 is 28.8 Å². The highest BCUT2D eigenvalue weighted by atomic mass is 32.2. The van der Waals surface area contributed by atoms with Crippen molar-refractivity contribution in [1.29, 1.82) is 0 Å². The fourth-order valence-corrected chi connectivity index (χ4v) is 2.71. The minimum Gasteiger partial charge on any atom is -0.385 e. The van der Waals surface area contributed by atoms with Gasteiger partial charge in [-0.2, -0.15) is 11.8 Å². The summed E-state index contributed by atoms with van der Waals surface area (Å²) in [6.45, 7) is 3.58. The van der Waals surface area contributed by atoms with Crippen LogP contribution in [0.3, 0.4) is 0 Å². The quantitative estimate of drug-likeness (QED) is 0.592. The van der Waals surface area contributed by atoms with Crippen LogP contribution in [0.2, 0.25) is 0 Å². The normalized spacial score (nSPS) is 15.9. The molecule has 0 atom stereocenters. The van der Waals surface area contributed by atoms with Crippen molar-refractivity contribution in [2.75, 3.05) is 30.0 Å². The van der Waals surface area contributed by atoms with E-state index < -0.39 is 0 Å². The number of nitro benzene ring substituents is 1. The average molecular weight is 281 g/mol. The molecule has 2 rings (SSSR count). The van der Waals surface area contributed by atoms with Gasteiger partial charge in [-0.15, -0.1) is 0 Å². The van der Waals surface area contributed by atoms with Crippen LogP contribution in [0.4, 0.5) is 17.1 Å². The summed E-state index contributed by atoms with van der Waals surface area (Å²) in [6.07, 6.45) is 4.55. The second kappa shape index (κ2) is 5.69. The van der Waals surface area contributed by atoms with Gasteiger partial charge >= 0.3 is 0 Å². The Bertz CT molecular complexity index is 475. The maximum atomic E-state index is 10.9. The van der Waals surface area contributed by atoms with Crippen LogP contribution in [-0.4, -0.2) is 29.0 Å². The van der Waals surface area contributed by atoms with Crippen LogP contribution in [0.15, 0.2) is 18.2 Å². The molecule has 1 aliphatic carbocycles. The summed E-state index contributed by atoms with van der Waals surface area (Å²) in [4.78, 5) is 10.6. The number of hydrogen-bond acceptors (Lipinski definition) is 5. The Balaban J connectivity index is 2.11. The Hall–Kier alpha value is -1.43. The van der Waals surface area contributed by atoms with Crippen LogP contribution in [0, 0.1) is 10.1 Å². The lowest BCUT2D eigenvalue weighted by Crippen LogP contribution is -2.17. The van der Waals surface area contributed by atoms with Crippen molar-refractivity contribution in [3.05, 3.63) is 28.3 Å². The summed E-state index contributed by atoms with van der Waals surface area (Å²) in [5.74, 6) is 0. The minimum atomic E-state index is -0.354. The maximum absolute atomic E-state index is 10.9. The fourth-order valence-electron chi connectivity index (χ4n) is 1.98. The van der Waals surface area contributed by atoms with Crippen LogP contribution in [0.25, 0.3) is 0 Å². The largest absolute Gasteiger partial charge is 0.385 e. The number of hydrogen-bond donors (Lipinski definition) is 2. The van der Waals surface area contributed by atoms with Crippen molar-refractivity contribution in [1.82, 2.24) is 0 Å². The van der Waals surface area contributed by atoms with Gasteiger partial charge in [0.15, 0.2) is 0 Å². The molecule has 0 aliphatic heterocycles. The van der Waals surface area contributed by atoms with E-state index in [0.717, 1.165) is 24.5 Å². The van der Waals surface area contributed by atoms with E-state index in [4.69, 9.17) is 0 Å². The maximum Gasteiger partial charge on any atom is 0.273 e. The molecule has 2 N–H and O–H groups in total. The fraction of sp³-hybridized carbons (Fsp3) is 0.538. The van der Waals surface area contributed by atoms with Crippen molar-refractivity contribution in [2.24, 2.45) is 0 Å². The zero-order chi connectivity index (χ0) is 13.9. The van der Waals surface area contributed by atoms with Gasteiger partial charge in [0, 0.05) is 41.3 Å². The van der Waals surface area contributed by atoms with E-state index in [2.05, 4.69) is 16.9 Å². The highest BCUT2D eigenvalue weighted by Gasteiger charge is 2.41. The Morgan fingerprint density at radius 1 is 1.32 bits per heavy atom. The summed E-state index contributed by atoms with van der Waals surface area (Å²) in [5, 5.41) is 17.4. The van der Waals surface area contributed by atoms with Gasteiger partial charge < -0.3 is 10.6 Å². The molecule has 0 bridgehead atoms. The molecular formula is C13H19N3O2S. The number of rotatable bonds is 7. The molecule has 5 nitrogen and oxygen atoms in total.